The second-order valence-corrected chi connectivity index (χ2v) is 5.71. The zero-order chi connectivity index (χ0) is 14.7. The third-order valence-corrected chi connectivity index (χ3v) is 4.11. The van der Waals surface area contributed by atoms with Gasteiger partial charge in [0.1, 0.15) is 0 Å². The van der Waals surface area contributed by atoms with E-state index in [1.54, 1.807) is 11.3 Å². The highest BCUT2D eigenvalue weighted by atomic mass is 32.1. The maximum Gasteiger partial charge on any atom is 0.206 e. The van der Waals surface area contributed by atoms with Crippen LogP contribution < -0.4 is 5.32 Å². The van der Waals surface area contributed by atoms with Crippen molar-refractivity contribution < 1.29 is 0 Å². The summed E-state index contributed by atoms with van der Waals surface area (Å²) in [6.07, 6.45) is 2.92. The fourth-order valence-corrected chi connectivity index (χ4v) is 2.92. The Morgan fingerprint density at radius 2 is 2.00 bits per heavy atom. The van der Waals surface area contributed by atoms with E-state index >= 15 is 0 Å². The van der Waals surface area contributed by atoms with Crippen molar-refractivity contribution in [1.29, 1.82) is 0 Å². The molecule has 21 heavy (non-hydrogen) atoms. The van der Waals surface area contributed by atoms with Gasteiger partial charge in [0, 0.05) is 6.54 Å². The van der Waals surface area contributed by atoms with Crippen LogP contribution >= 0.6 is 11.3 Å². The summed E-state index contributed by atoms with van der Waals surface area (Å²) in [5, 5.41) is 17.9. The van der Waals surface area contributed by atoms with E-state index in [0.717, 1.165) is 40.0 Å². The summed E-state index contributed by atoms with van der Waals surface area (Å²) in [7, 11) is 0. The molecule has 0 radical (unpaired) electrons. The Morgan fingerprint density at radius 1 is 1.19 bits per heavy atom. The third-order valence-electron chi connectivity index (χ3n) is 3.19. The van der Waals surface area contributed by atoms with Crippen LogP contribution in [-0.4, -0.2) is 26.5 Å². The molecule has 0 unspecified atom stereocenters. The van der Waals surface area contributed by atoms with Gasteiger partial charge in [-0.2, -0.15) is 5.10 Å². The molecule has 3 aromatic rings. The van der Waals surface area contributed by atoms with Crippen molar-refractivity contribution in [3.8, 4) is 16.3 Å². The molecule has 1 N–H and O–H groups in total. The van der Waals surface area contributed by atoms with Gasteiger partial charge in [0.25, 0.3) is 0 Å². The lowest BCUT2D eigenvalue weighted by atomic mass is 10.2. The predicted octanol–water partition coefficient (Wildman–Crippen LogP) is 3.52. The van der Waals surface area contributed by atoms with Crippen molar-refractivity contribution in [2.24, 2.45) is 0 Å². The van der Waals surface area contributed by atoms with Gasteiger partial charge < -0.3 is 5.32 Å². The number of benzene rings is 1. The standard InChI is InChI=1S/C15H17N5S/c1-3-9-16-15-19-18-14(21-15)13-10-17-20(11(13)2)12-7-5-4-6-8-12/h4-8,10H,3,9H2,1-2H3,(H,16,19). The quantitative estimate of drug-likeness (QED) is 0.783. The molecule has 3 rings (SSSR count). The van der Waals surface area contributed by atoms with Crippen LogP contribution in [0.5, 0.6) is 0 Å². The van der Waals surface area contributed by atoms with Crippen molar-refractivity contribution >= 4 is 16.5 Å². The SMILES string of the molecule is CCCNc1nnc(-c2cnn(-c3ccccc3)c2C)s1. The second-order valence-electron chi connectivity index (χ2n) is 4.73. The molecule has 2 heterocycles. The molecule has 0 bridgehead atoms. The monoisotopic (exact) mass is 299 g/mol. The number of anilines is 1. The maximum atomic E-state index is 4.47. The first-order valence-electron chi connectivity index (χ1n) is 6.97. The molecule has 0 amide bonds. The van der Waals surface area contributed by atoms with E-state index in [1.165, 1.54) is 0 Å². The van der Waals surface area contributed by atoms with E-state index in [9.17, 15) is 0 Å². The average molecular weight is 299 g/mol. The third kappa shape index (κ3) is 2.80. The van der Waals surface area contributed by atoms with E-state index < -0.39 is 0 Å². The van der Waals surface area contributed by atoms with E-state index in [2.05, 4.69) is 34.5 Å². The molecule has 1 aromatic carbocycles. The first kappa shape index (κ1) is 13.8. The molecule has 2 aromatic heterocycles. The van der Waals surface area contributed by atoms with Gasteiger partial charge in [-0.25, -0.2) is 4.68 Å². The Morgan fingerprint density at radius 3 is 2.76 bits per heavy atom. The number of nitrogens with zero attached hydrogens (tertiary/aromatic N) is 4. The summed E-state index contributed by atoms with van der Waals surface area (Å²) in [5.41, 5.74) is 3.15. The lowest BCUT2D eigenvalue weighted by Crippen LogP contribution is -1.98. The van der Waals surface area contributed by atoms with Gasteiger partial charge in [-0.1, -0.05) is 36.5 Å². The van der Waals surface area contributed by atoms with Crippen LogP contribution in [0, 0.1) is 6.92 Å². The van der Waals surface area contributed by atoms with Crippen LogP contribution in [0.2, 0.25) is 0 Å². The molecule has 0 saturated carbocycles. The van der Waals surface area contributed by atoms with E-state index in [-0.39, 0.29) is 0 Å². The molecular weight excluding hydrogens is 282 g/mol. The number of hydrogen-bond acceptors (Lipinski definition) is 5. The summed E-state index contributed by atoms with van der Waals surface area (Å²) in [4.78, 5) is 0. The first-order valence-corrected chi connectivity index (χ1v) is 7.79. The number of aromatic nitrogens is 4. The highest BCUT2D eigenvalue weighted by molar-refractivity contribution is 7.18. The van der Waals surface area contributed by atoms with Crippen molar-refractivity contribution in [3.63, 3.8) is 0 Å². The van der Waals surface area contributed by atoms with Crippen molar-refractivity contribution in [3.05, 3.63) is 42.2 Å². The first-order chi connectivity index (χ1) is 10.3. The molecular formula is C15H17N5S. The molecule has 0 saturated heterocycles. The fourth-order valence-electron chi connectivity index (χ4n) is 2.08. The van der Waals surface area contributed by atoms with Crippen LogP contribution in [0.1, 0.15) is 19.0 Å². The van der Waals surface area contributed by atoms with Crippen molar-refractivity contribution in [2.45, 2.75) is 20.3 Å². The average Bonchev–Trinajstić information content (AvgIpc) is 3.12. The number of rotatable bonds is 5. The smallest absolute Gasteiger partial charge is 0.206 e. The van der Waals surface area contributed by atoms with Gasteiger partial charge in [-0.05, 0) is 25.5 Å². The Kier molecular flexibility index (Phi) is 3.96. The summed E-state index contributed by atoms with van der Waals surface area (Å²) in [6, 6.07) is 10.1. The summed E-state index contributed by atoms with van der Waals surface area (Å²) in [5.74, 6) is 0. The van der Waals surface area contributed by atoms with E-state index in [4.69, 9.17) is 0 Å². The van der Waals surface area contributed by atoms with E-state index in [0.29, 0.717) is 0 Å². The Hall–Kier alpha value is -2.21. The predicted molar refractivity (Wildman–Crippen MR) is 86.0 cm³/mol. The van der Waals surface area contributed by atoms with Gasteiger partial charge >= 0.3 is 0 Å². The van der Waals surface area contributed by atoms with Gasteiger partial charge in [-0.3, -0.25) is 0 Å². The molecule has 0 atom stereocenters. The Bertz CT molecular complexity index is 717. The lowest BCUT2D eigenvalue weighted by Gasteiger charge is -2.03. The minimum absolute atomic E-state index is 0.860. The molecule has 5 nitrogen and oxygen atoms in total. The Balaban J connectivity index is 1.90. The highest BCUT2D eigenvalue weighted by Gasteiger charge is 2.14. The molecule has 6 heteroatoms. The van der Waals surface area contributed by atoms with Crippen LogP contribution in [-0.2, 0) is 0 Å². The van der Waals surface area contributed by atoms with Crippen molar-refractivity contribution in [1.82, 2.24) is 20.0 Å². The number of para-hydroxylation sites is 1. The molecule has 0 aliphatic carbocycles. The van der Waals surface area contributed by atoms with Gasteiger partial charge in [0.15, 0.2) is 5.01 Å². The summed E-state index contributed by atoms with van der Waals surface area (Å²) < 4.78 is 1.93. The fraction of sp³-hybridized carbons (Fsp3) is 0.267. The lowest BCUT2D eigenvalue weighted by molar-refractivity contribution is 0.847. The minimum atomic E-state index is 0.860. The van der Waals surface area contributed by atoms with Gasteiger partial charge in [-0.15, -0.1) is 10.2 Å². The summed E-state index contributed by atoms with van der Waals surface area (Å²) in [6.45, 7) is 5.09. The maximum absolute atomic E-state index is 4.47. The Labute approximate surface area is 127 Å². The van der Waals surface area contributed by atoms with Gasteiger partial charge in [0.2, 0.25) is 5.13 Å². The largest absolute Gasteiger partial charge is 0.360 e. The molecule has 0 aliphatic rings. The topological polar surface area (TPSA) is 55.6 Å². The normalized spacial score (nSPS) is 10.8. The molecule has 0 spiro atoms. The van der Waals surface area contributed by atoms with Gasteiger partial charge in [0.05, 0.1) is 23.1 Å². The molecule has 0 aliphatic heterocycles. The second kappa shape index (κ2) is 6.05. The van der Waals surface area contributed by atoms with Crippen LogP contribution in [0.3, 0.4) is 0 Å². The van der Waals surface area contributed by atoms with E-state index in [1.807, 2.05) is 41.2 Å². The number of hydrogen-bond donors (Lipinski definition) is 1. The highest BCUT2D eigenvalue weighted by Crippen LogP contribution is 2.29. The minimum Gasteiger partial charge on any atom is -0.360 e. The number of nitrogens with one attached hydrogen (secondary N) is 1. The zero-order valence-corrected chi connectivity index (χ0v) is 12.9. The van der Waals surface area contributed by atoms with Crippen LogP contribution in [0.15, 0.2) is 36.5 Å². The molecule has 108 valence electrons. The van der Waals surface area contributed by atoms with Crippen molar-refractivity contribution in [2.75, 3.05) is 11.9 Å². The summed E-state index contributed by atoms with van der Waals surface area (Å²) >= 11 is 1.56. The van der Waals surface area contributed by atoms with Crippen LogP contribution in [0.25, 0.3) is 16.3 Å². The zero-order valence-electron chi connectivity index (χ0n) is 12.1. The molecule has 0 fully saturated rings. The van der Waals surface area contributed by atoms with Crippen LogP contribution in [0.4, 0.5) is 5.13 Å².